The van der Waals surface area contributed by atoms with Crippen molar-refractivity contribution >= 4 is 5.91 Å². The lowest BCUT2D eigenvalue weighted by molar-refractivity contribution is 0.0797. The van der Waals surface area contributed by atoms with E-state index in [-0.39, 0.29) is 17.0 Å². The number of aryl methyl sites for hydroxylation is 1. The number of H-pyrrole nitrogens is 1. The average molecular weight is 209 g/mol. The van der Waals surface area contributed by atoms with E-state index in [0.717, 1.165) is 5.69 Å². The van der Waals surface area contributed by atoms with Gasteiger partial charge in [0, 0.05) is 25.8 Å². The van der Waals surface area contributed by atoms with Crippen molar-refractivity contribution in [2.45, 2.75) is 6.92 Å². The van der Waals surface area contributed by atoms with E-state index in [1.54, 1.807) is 20.0 Å². The monoisotopic (exact) mass is 209 g/mol. The summed E-state index contributed by atoms with van der Waals surface area (Å²) >= 11 is 0. The smallest absolute Gasteiger partial charge is 0.260 e. The molecule has 0 atom stereocenters. The molecule has 82 valence electrons. The van der Waals surface area contributed by atoms with Gasteiger partial charge in [0.15, 0.2) is 0 Å². The lowest BCUT2D eigenvalue weighted by atomic mass is 10.2. The van der Waals surface area contributed by atoms with Gasteiger partial charge in [-0.3, -0.25) is 9.59 Å². The Labute approximate surface area is 87.9 Å². The molecule has 3 N–H and O–H groups in total. The maximum atomic E-state index is 11.7. The van der Waals surface area contributed by atoms with Crippen LogP contribution in [-0.4, -0.2) is 35.9 Å². The van der Waals surface area contributed by atoms with Gasteiger partial charge in [-0.2, -0.15) is 0 Å². The largest absolute Gasteiger partial charge is 0.340 e. The fourth-order valence-corrected chi connectivity index (χ4v) is 1.24. The van der Waals surface area contributed by atoms with Gasteiger partial charge in [-0.1, -0.05) is 0 Å². The lowest BCUT2D eigenvalue weighted by Gasteiger charge is -2.15. The summed E-state index contributed by atoms with van der Waals surface area (Å²) in [5, 5.41) is 0. The van der Waals surface area contributed by atoms with Gasteiger partial charge in [-0.05, 0) is 19.1 Å². The summed E-state index contributed by atoms with van der Waals surface area (Å²) in [5.41, 5.74) is 5.85. The van der Waals surface area contributed by atoms with Crippen LogP contribution in [0.1, 0.15) is 16.1 Å². The highest BCUT2D eigenvalue weighted by Crippen LogP contribution is 1.98. The number of hydrogen-bond donors (Lipinski definition) is 2. The molecule has 1 amide bonds. The minimum absolute atomic E-state index is 0.150. The third-order valence-electron chi connectivity index (χ3n) is 2.10. The molecule has 0 aliphatic heterocycles. The number of carbonyl (C=O) groups is 1. The van der Waals surface area contributed by atoms with Gasteiger partial charge in [-0.15, -0.1) is 0 Å². The second-order valence-corrected chi connectivity index (χ2v) is 3.40. The molecule has 15 heavy (non-hydrogen) atoms. The van der Waals surface area contributed by atoms with Crippen LogP contribution in [0.25, 0.3) is 0 Å². The van der Waals surface area contributed by atoms with Crippen LogP contribution >= 0.6 is 0 Å². The topological polar surface area (TPSA) is 79.2 Å². The zero-order chi connectivity index (χ0) is 11.4. The van der Waals surface area contributed by atoms with E-state index in [1.807, 2.05) is 0 Å². The third kappa shape index (κ3) is 2.66. The van der Waals surface area contributed by atoms with Crippen LogP contribution in [0.2, 0.25) is 0 Å². The molecule has 0 fully saturated rings. The van der Waals surface area contributed by atoms with Crippen molar-refractivity contribution in [2.24, 2.45) is 5.73 Å². The highest BCUT2D eigenvalue weighted by atomic mass is 16.2. The number of hydrogen-bond acceptors (Lipinski definition) is 3. The molecule has 1 aromatic heterocycles. The molecule has 1 aromatic rings. The van der Waals surface area contributed by atoms with Crippen molar-refractivity contribution in [1.82, 2.24) is 9.88 Å². The minimum atomic E-state index is -0.358. The quantitative estimate of drug-likeness (QED) is 0.718. The minimum Gasteiger partial charge on any atom is -0.340 e. The summed E-state index contributed by atoms with van der Waals surface area (Å²) in [5.74, 6) is -0.304. The molecule has 5 heteroatoms. The lowest BCUT2D eigenvalue weighted by Crippen LogP contribution is -2.35. The molecule has 0 saturated heterocycles. The van der Waals surface area contributed by atoms with Crippen LogP contribution in [0.3, 0.4) is 0 Å². The number of aromatic amines is 1. The first-order chi connectivity index (χ1) is 7.06. The van der Waals surface area contributed by atoms with Gasteiger partial charge >= 0.3 is 0 Å². The highest BCUT2D eigenvalue weighted by molar-refractivity contribution is 5.93. The second-order valence-electron chi connectivity index (χ2n) is 3.40. The predicted molar refractivity (Wildman–Crippen MR) is 57.8 cm³/mol. The molecule has 0 aromatic carbocycles. The van der Waals surface area contributed by atoms with Gasteiger partial charge in [0.25, 0.3) is 11.5 Å². The number of pyridine rings is 1. The van der Waals surface area contributed by atoms with E-state index < -0.39 is 0 Å². The van der Waals surface area contributed by atoms with Gasteiger partial charge in [0.05, 0.1) is 0 Å². The third-order valence-corrected chi connectivity index (χ3v) is 2.10. The van der Waals surface area contributed by atoms with Crippen molar-refractivity contribution in [3.05, 3.63) is 33.7 Å². The zero-order valence-electron chi connectivity index (χ0n) is 8.91. The number of aromatic nitrogens is 1. The Morgan fingerprint density at radius 1 is 1.53 bits per heavy atom. The van der Waals surface area contributed by atoms with E-state index in [4.69, 9.17) is 5.73 Å². The van der Waals surface area contributed by atoms with Crippen molar-refractivity contribution in [2.75, 3.05) is 20.1 Å². The van der Waals surface area contributed by atoms with Crippen LogP contribution in [0.4, 0.5) is 0 Å². The van der Waals surface area contributed by atoms with Crippen molar-refractivity contribution in [3.63, 3.8) is 0 Å². The van der Waals surface area contributed by atoms with Crippen LogP contribution < -0.4 is 11.3 Å². The van der Waals surface area contributed by atoms with Gasteiger partial charge in [0.2, 0.25) is 0 Å². The van der Waals surface area contributed by atoms with Crippen molar-refractivity contribution < 1.29 is 4.79 Å². The molecule has 0 radical (unpaired) electrons. The SMILES string of the molecule is Cc1ccc(C(=O)N(C)CCN)c(=O)[nH]1. The van der Waals surface area contributed by atoms with Crippen LogP contribution in [0.15, 0.2) is 16.9 Å². The molecule has 0 spiro atoms. The molecule has 0 unspecified atom stereocenters. The Morgan fingerprint density at radius 3 is 2.73 bits per heavy atom. The van der Waals surface area contributed by atoms with E-state index >= 15 is 0 Å². The van der Waals surface area contributed by atoms with Crippen LogP contribution in [-0.2, 0) is 0 Å². The summed E-state index contributed by atoms with van der Waals surface area (Å²) < 4.78 is 0. The molecular weight excluding hydrogens is 194 g/mol. The highest BCUT2D eigenvalue weighted by Gasteiger charge is 2.14. The summed E-state index contributed by atoms with van der Waals surface area (Å²) in [6.07, 6.45) is 0. The zero-order valence-corrected chi connectivity index (χ0v) is 8.91. The molecule has 0 saturated carbocycles. The van der Waals surface area contributed by atoms with Gasteiger partial charge in [0.1, 0.15) is 5.56 Å². The molecule has 1 heterocycles. The summed E-state index contributed by atoms with van der Waals surface area (Å²) in [6.45, 7) is 2.58. The molecule has 1 rings (SSSR count). The Balaban J connectivity index is 2.96. The number of nitrogens with zero attached hydrogens (tertiary/aromatic N) is 1. The van der Waals surface area contributed by atoms with Crippen molar-refractivity contribution in [3.8, 4) is 0 Å². The summed E-state index contributed by atoms with van der Waals surface area (Å²) in [4.78, 5) is 27.2. The molecule has 5 nitrogen and oxygen atoms in total. The molecule has 0 bridgehead atoms. The molecule has 0 aliphatic rings. The van der Waals surface area contributed by atoms with E-state index in [2.05, 4.69) is 4.98 Å². The number of amides is 1. The normalized spacial score (nSPS) is 10.1. The van der Waals surface area contributed by atoms with Crippen LogP contribution in [0.5, 0.6) is 0 Å². The first-order valence-corrected chi connectivity index (χ1v) is 4.71. The van der Waals surface area contributed by atoms with E-state index in [0.29, 0.717) is 13.1 Å². The predicted octanol–water partition coefficient (Wildman–Crippen LogP) is -0.286. The maximum Gasteiger partial charge on any atom is 0.260 e. The Hall–Kier alpha value is -1.62. The Morgan fingerprint density at radius 2 is 2.20 bits per heavy atom. The number of rotatable bonds is 3. The van der Waals surface area contributed by atoms with E-state index in [1.165, 1.54) is 11.0 Å². The Bertz CT molecular complexity index is 411. The second kappa shape index (κ2) is 4.75. The number of carbonyl (C=O) groups excluding carboxylic acids is 1. The summed E-state index contributed by atoms with van der Waals surface area (Å²) in [6, 6.07) is 3.23. The number of nitrogens with one attached hydrogen (secondary N) is 1. The first kappa shape index (κ1) is 11.5. The van der Waals surface area contributed by atoms with Crippen molar-refractivity contribution in [1.29, 1.82) is 0 Å². The van der Waals surface area contributed by atoms with Gasteiger partial charge < -0.3 is 15.6 Å². The maximum absolute atomic E-state index is 11.7. The molecule has 0 aliphatic carbocycles. The average Bonchev–Trinajstić information content (AvgIpc) is 2.17. The van der Waals surface area contributed by atoms with E-state index in [9.17, 15) is 9.59 Å². The Kier molecular flexibility index (Phi) is 3.62. The number of likely N-dealkylation sites (N-methyl/N-ethyl adjacent to an activating group) is 1. The fraction of sp³-hybridized carbons (Fsp3) is 0.400. The van der Waals surface area contributed by atoms with Crippen LogP contribution in [0, 0.1) is 6.92 Å². The summed E-state index contributed by atoms with van der Waals surface area (Å²) in [7, 11) is 1.62. The first-order valence-electron chi connectivity index (χ1n) is 4.71. The number of nitrogens with two attached hydrogens (primary N) is 1. The fourth-order valence-electron chi connectivity index (χ4n) is 1.24. The van der Waals surface area contributed by atoms with Gasteiger partial charge in [-0.25, -0.2) is 0 Å². The molecular formula is C10H15N3O2. The standard InChI is InChI=1S/C10H15N3O2/c1-7-3-4-8(9(14)12-7)10(15)13(2)6-5-11/h3-4H,5-6,11H2,1-2H3,(H,12,14).